The fourth-order valence-corrected chi connectivity index (χ4v) is 2.10. The smallest absolute Gasteiger partial charge is 0.126 e. The third-order valence-corrected chi connectivity index (χ3v) is 3.68. The maximum Gasteiger partial charge on any atom is 0.126 e. The second-order valence-corrected chi connectivity index (χ2v) is 5.33. The first-order chi connectivity index (χ1) is 9.08. The van der Waals surface area contributed by atoms with E-state index >= 15 is 0 Å². The minimum absolute atomic E-state index is 0.728. The highest BCUT2D eigenvalue weighted by Crippen LogP contribution is 2.19. The normalized spacial score (nSPS) is 10.3. The summed E-state index contributed by atoms with van der Waals surface area (Å²) in [7, 11) is 1.69. The Morgan fingerprint density at radius 2 is 2.00 bits per heavy atom. The van der Waals surface area contributed by atoms with Gasteiger partial charge < -0.3 is 10.1 Å². The molecular weight excluding hydrogens is 304 g/mol. The van der Waals surface area contributed by atoms with Crippen LogP contribution < -0.4 is 10.1 Å². The van der Waals surface area contributed by atoms with Crippen LogP contribution in [0.2, 0.25) is 0 Å². The van der Waals surface area contributed by atoms with Gasteiger partial charge in [-0.25, -0.2) is 4.98 Å². The summed E-state index contributed by atoms with van der Waals surface area (Å²) >= 11 is 3.45. The van der Waals surface area contributed by atoms with Crippen LogP contribution in [0.25, 0.3) is 0 Å². The molecule has 0 aliphatic heterocycles. The molecule has 3 nitrogen and oxygen atoms in total. The minimum atomic E-state index is 0.728. The van der Waals surface area contributed by atoms with Crippen molar-refractivity contribution in [3.63, 3.8) is 0 Å². The van der Waals surface area contributed by atoms with Gasteiger partial charge in [-0.1, -0.05) is 6.07 Å². The van der Waals surface area contributed by atoms with Crippen LogP contribution in [-0.2, 0) is 6.54 Å². The number of rotatable bonds is 4. The fourth-order valence-electron chi connectivity index (χ4n) is 1.88. The van der Waals surface area contributed by atoms with Crippen LogP contribution in [0.3, 0.4) is 0 Å². The second-order valence-electron chi connectivity index (χ2n) is 4.48. The summed E-state index contributed by atoms with van der Waals surface area (Å²) in [5.74, 6) is 1.76. The maximum absolute atomic E-state index is 5.27. The topological polar surface area (TPSA) is 34.1 Å². The van der Waals surface area contributed by atoms with Gasteiger partial charge >= 0.3 is 0 Å². The number of nitrogens with one attached hydrogen (secondary N) is 1. The highest BCUT2D eigenvalue weighted by Gasteiger charge is 2.01. The molecule has 1 N–H and O–H groups in total. The summed E-state index contributed by atoms with van der Waals surface area (Å²) in [4.78, 5) is 4.46. The maximum atomic E-state index is 5.27. The van der Waals surface area contributed by atoms with Gasteiger partial charge in [0.15, 0.2) is 0 Å². The quantitative estimate of drug-likeness (QED) is 0.921. The number of ether oxygens (including phenoxy) is 1. The molecule has 0 radical (unpaired) electrons. The number of aromatic nitrogens is 1. The third kappa shape index (κ3) is 3.70. The van der Waals surface area contributed by atoms with Crippen molar-refractivity contribution in [1.29, 1.82) is 0 Å². The molecule has 1 aromatic carbocycles. The van der Waals surface area contributed by atoms with Crippen molar-refractivity contribution in [3.05, 3.63) is 51.6 Å². The van der Waals surface area contributed by atoms with Gasteiger partial charge in [0.25, 0.3) is 0 Å². The lowest BCUT2D eigenvalue weighted by Gasteiger charge is -2.09. The number of pyridine rings is 1. The van der Waals surface area contributed by atoms with Crippen LogP contribution in [0.5, 0.6) is 5.75 Å². The second kappa shape index (κ2) is 6.06. The largest absolute Gasteiger partial charge is 0.497 e. The van der Waals surface area contributed by atoms with Crippen LogP contribution in [0.1, 0.15) is 16.8 Å². The average Bonchev–Trinajstić information content (AvgIpc) is 2.39. The average molecular weight is 321 g/mol. The van der Waals surface area contributed by atoms with Crippen molar-refractivity contribution in [1.82, 2.24) is 4.98 Å². The van der Waals surface area contributed by atoms with E-state index in [-0.39, 0.29) is 0 Å². The SMILES string of the molecule is COc1cc(C)cc(CNc2ccc(Br)c(C)n2)c1. The number of hydrogen-bond donors (Lipinski definition) is 1. The van der Waals surface area contributed by atoms with Gasteiger partial charge in [-0.3, -0.25) is 0 Å². The Kier molecular flexibility index (Phi) is 4.43. The number of aryl methyl sites for hydroxylation is 2. The Labute approximate surface area is 122 Å². The molecule has 0 spiro atoms. The van der Waals surface area contributed by atoms with Gasteiger partial charge in [-0.15, -0.1) is 0 Å². The molecule has 4 heteroatoms. The molecule has 0 atom stereocenters. The van der Waals surface area contributed by atoms with E-state index < -0.39 is 0 Å². The zero-order chi connectivity index (χ0) is 13.8. The van der Waals surface area contributed by atoms with Crippen molar-refractivity contribution in [2.24, 2.45) is 0 Å². The molecule has 0 saturated heterocycles. The van der Waals surface area contributed by atoms with E-state index in [9.17, 15) is 0 Å². The Hall–Kier alpha value is -1.55. The predicted molar refractivity (Wildman–Crippen MR) is 81.7 cm³/mol. The Morgan fingerprint density at radius 1 is 1.21 bits per heavy atom. The summed E-state index contributed by atoms with van der Waals surface area (Å²) in [6.45, 7) is 4.77. The van der Waals surface area contributed by atoms with Gasteiger partial charge in [0.2, 0.25) is 0 Å². The van der Waals surface area contributed by atoms with Crippen LogP contribution in [-0.4, -0.2) is 12.1 Å². The first-order valence-corrected chi connectivity index (χ1v) is 6.89. The van der Waals surface area contributed by atoms with Crippen LogP contribution in [0, 0.1) is 13.8 Å². The van der Waals surface area contributed by atoms with E-state index in [0.717, 1.165) is 28.3 Å². The van der Waals surface area contributed by atoms with Gasteiger partial charge in [0.05, 0.1) is 12.8 Å². The third-order valence-electron chi connectivity index (χ3n) is 2.84. The van der Waals surface area contributed by atoms with E-state index in [1.807, 2.05) is 31.2 Å². The zero-order valence-electron chi connectivity index (χ0n) is 11.3. The van der Waals surface area contributed by atoms with E-state index in [4.69, 9.17) is 4.74 Å². The number of nitrogens with zero attached hydrogens (tertiary/aromatic N) is 1. The molecular formula is C15H17BrN2O. The van der Waals surface area contributed by atoms with Gasteiger partial charge in [0.1, 0.15) is 11.6 Å². The summed E-state index contributed by atoms with van der Waals surface area (Å²) < 4.78 is 6.30. The van der Waals surface area contributed by atoms with Crippen LogP contribution in [0.15, 0.2) is 34.8 Å². The van der Waals surface area contributed by atoms with E-state index in [1.165, 1.54) is 11.1 Å². The van der Waals surface area contributed by atoms with Crippen molar-refractivity contribution >= 4 is 21.7 Å². The molecule has 2 aromatic rings. The predicted octanol–water partition coefficient (Wildman–Crippen LogP) is 4.08. The number of halogens is 1. The Balaban J connectivity index is 2.09. The summed E-state index contributed by atoms with van der Waals surface area (Å²) in [5.41, 5.74) is 3.35. The van der Waals surface area contributed by atoms with Crippen LogP contribution >= 0.6 is 15.9 Å². The first-order valence-electron chi connectivity index (χ1n) is 6.10. The molecule has 2 rings (SSSR count). The van der Waals surface area contributed by atoms with Gasteiger partial charge in [-0.2, -0.15) is 0 Å². The number of methoxy groups -OCH3 is 1. The zero-order valence-corrected chi connectivity index (χ0v) is 12.9. The first kappa shape index (κ1) is 13.9. The standard InChI is InChI=1S/C15H17BrN2O/c1-10-6-12(8-13(7-10)19-3)9-17-15-5-4-14(16)11(2)18-15/h4-8H,9H2,1-3H3,(H,17,18). The summed E-state index contributed by atoms with van der Waals surface area (Å²) in [5, 5.41) is 3.32. The number of benzene rings is 1. The Morgan fingerprint density at radius 3 is 2.68 bits per heavy atom. The highest BCUT2D eigenvalue weighted by atomic mass is 79.9. The lowest BCUT2D eigenvalue weighted by molar-refractivity contribution is 0.414. The highest BCUT2D eigenvalue weighted by molar-refractivity contribution is 9.10. The number of anilines is 1. The molecule has 0 unspecified atom stereocenters. The molecule has 1 heterocycles. The van der Waals surface area contributed by atoms with Crippen molar-refractivity contribution in [2.75, 3.05) is 12.4 Å². The molecule has 100 valence electrons. The lowest BCUT2D eigenvalue weighted by atomic mass is 10.1. The molecule has 19 heavy (non-hydrogen) atoms. The fraction of sp³-hybridized carbons (Fsp3) is 0.267. The summed E-state index contributed by atoms with van der Waals surface area (Å²) in [6, 6.07) is 10.2. The van der Waals surface area contributed by atoms with Crippen molar-refractivity contribution in [3.8, 4) is 5.75 Å². The molecule has 0 aliphatic rings. The van der Waals surface area contributed by atoms with Crippen molar-refractivity contribution < 1.29 is 4.74 Å². The van der Waals surface area contributed by atoms with Gasteiger partial charge in [0, 0.05) is 11.0 Å². The number of hydrogen-bond acceptors (Lipinski definition) is 3. The molecule has 0 bridgehead atoms. The summed E-state index contributed by atoms with van der Waals surface area (Å²) in [6.07, 6.45) is 0. The lowest BCUT2D eigenvalue weighted by Crippen LogP contribution is -2.02. The van der Waals surface area contributed by atoms with E-state index in [0.29, 0.717) is 0 Å². The molecule has 1 aromatic heterocycles. The van der Waals surface area contributed by atoms with E-state index in [1.54, 1.807) is 7.11 Å². The monoisotopic (exact) mass is 320 g/mol. The minimum Gasteiger partial charge on any atom is -0.497 e. The van der Waals surface area contributed by atoms with E-state index in [2.05, 4.69) is 39.2 Å². The molecule has 0 amide bonds. The molecule has 0 fully saturated rings. The van der Waals surface area contributed by atoms with Crippen LogP contribution in [0.4, 0.5) is 5.82 Å². The molecule has 0 saturated carbocycles. The van der Waals surface area contributed by atoms with Gasteiger partial charge in [-0.05, 0) is 65.2 Å². The Bertz CT molecular complexity index is 584. The van der Waals surface area contributed by atoms with Crippen molar-refractivity contribution in [2.45, 2.75) is 20.4 Å². The molecule has 0 aliphatic carbocycles.